The normalized spacial score (nSPS) is 16.0. The molecule has 0 aliphatic carbocycles. The van der Waals surface area contributed by atoms with Gasteiger partial charge >= 0.3 is 0 Å². The molecule has 0 bridgehead atoms. The van der Waals surface area contributed by atoms with E-state index < -0.39 is 0 Å². The number of hydrogen-bond donors (Lipinski definition) is 0. The van der Waals surface area contributed by atoms with Crippen LogP contribution in [-0.4, -0.2) is 25.9 Å². The number of epoxide rings is 1. The Morgan fingerprint density at radius 2 is 1.42 bits per heavy atom. The van der Waals surface area contributed by atoms with E-state index in [4.69, 9.17) is 14.2 Å². The highest BCUT2D eigenvalue weighted by Crippen LogP contribution is 2.23. The topological polar surface area (TPSA) is 55.7 Å². The van der Waals surface area contributed by atoms with Crippen LogP contribution in [0, 0.1) is 0 Å². The summed E-state index contributed by atoms with van der Waals surface area (Å²) in [5, 5.41) is 8.52. The molecule has 0 amide bonds. The first kappa shape index (κ1) is 18.4. The van der Waals surface area contributed by atoms with Crippen LogP contribution in [0.1, 0.15) is 32.6 Å². The second-order valence-corrected chi connectivity index (χ2v) is 6.36. The third-order valence-electron chi connectivity index (χ3n) is 4.06. The lowest BCUT2D eigenvalue weighted by Crippen LogP contribution is -2.03. The van der Waals surface area contributed by atoms with E-state index in [1.807, 2.05) is 48.5 Å². The van der Waals surface area contributed by atoms with Crippen molar-refractivity contribution in [2.24, 2.45) is 10.2 Å². The summed E-state index contributed by atoms with van der Waals surface area (Å²) in [6, 6.07) is 15.3. The molecule has 0 aromatic heterocycles. The van der Waals surface area contributed by atoms with Crippen molar-refractivity contribution in [1.29, 1.82) is 0 Å². The molecule has 26 heavy (non-hydrogen) atoms. The number of hydrogen-bond acceptors (Lipinski definition) is 5. The molecule has 1 atom stereocenters. The van der Waals surface area contributed by atoms with E-state index in [2.05, 4.69) is 17.2 Å². The molecule has 1 heterocycles. The molecule has 2 aromatic rings. The molecule has 0 saturated carbocycles. The summed E-state index contributed by atoms with van der Waals surface area (Å²) in [4.78, 5) is 0. The number of azo groups is 1. The first-order valence-corrected chi connectivity index (χ1v) is 9.32. The van der Waals surface area contributed by atoms with E-state index in [1.165, 1.54) is 19.3 Å². The number of benzene rings is 2. The zero-order valence-electron chi connectivity index (χ0n) is 15.3. The first-order chi connectivity index (χ1) is 12.8. The van der Waals surface area contributed by atoms with Gasteiger partial charge < -0.3 is 14.2 Å². The predicted molar refractivity (Wildman–Crippen MR) is 102 cm³/mol. The molecule has 3 rings (SSSR count). The highest BCUT2D eigenvalue weighted by Gasteiger charge is 2.22. The summed E-state index contributed by atoms with van der Waals surface area (Å²) in [5.74, 6) is 1.70. The second kappa shape index (κ2) is 9.92. The fraction of sp³-hybridized carbons (Fsp3) is 0.429. The van der Waals surface area contributed by atoms with Gasteiger partial charge in [-0.1, -0.05) is 26.2 Å². The van der Waals surface area contributed by atoms with E-state index in [0.29, 0.717) is 6.61 Å². The van der Waals surface area contributed by atoms with E-state index in [1.54, 1.807) is 0 Å². The molecule has 0 spiro atoms. The van der Waals surface area contributed by atoms with Crippen LogP contribution >= 0.6 is 0 Å². The van der Waals surface area contributed by atoms with Crippen LogP contribution in [0.4, 0.5) is 11.4 Å². The van der Waals surface area contributed by atoms with Crippen molar-refractivity contribution in [2.75, 3.05) is 19.8 Å². The molecule has 138 valence electrons. The molecule has 1 aliphatic heterocycles. The van der Waals surface area contributed by atoms with Gasteiger partial charge in [-0.15, -0.1) is 0 Å². The maximum Gasteiger partial charge on any atom is 0.119 e. The SMILES string of the molecule is CCCCCCOc1ccc(N=Nc2ccc(OCC3CO3)cc2)cc1. The van der Waals surface area contributed by atoms with Gasteiger partial charge in [0.05, 0.1) is 24.6 Å². The monoisotopic (exact) mass is 354 g/mol. The molecule has 1 saturated heterocycles. The van der Waals surface area contributed by atoms with Crippen molar-refractivity contribution in [3.8, 4) is 11.5 Å². The number of unbranched alkanes of at least 4 members (excludes halogenated alkanes) is 3. The third-order valence-corrected chi connectivity index (χ3v) is 4.06. The Kier molecular flexibility index (Phi) is 7.02. The smallest absolute Gasteiger partial charge is 0.119 e. The van der Waals surface area contributed by atoms with E-state index in [9.17, 15) is 0 Å². The molecule has 5 heteroatoms. The summed E-state index contributed by atoms with van der Waals surface area (Å²) in [5.41, 5.74) is 1.59. The van der Waals surface area contributed by atoms with Crippen molar-refractivity contribution >= 4 is 11.4 Å². The lowest BCUT2D eigenvalue weighted by molar-refractivity contribution is 0.263. The predicted octanol–water partition coefficient (Wildman–Crippen LogP) is 5.84. The zero-order chi connectivity index (χ0) is 18.0. The van der Waals surface area contributed by atoms with Crippen LogP contribution in [0.15, 0.2) is 58.8 Å². The standard InChI is InChI=1S/C21H26N2O3/c1-2-3-4-5-14-24-19-10-6-17(7-11-19)22-23-18-8-12-20(13-9-18)25-15-21-16-26-21/h6-13,21H,2-5,14-16H2,1H3. The van der Waals surface area contributed by atoms with Crippen molar-refractivity contribution < 1.29 is 14.2 Å². The Morgan fingerprint density at radius 3 is 1.96 bits per heavy atom. The van der Waals surface area contributed by atoms with Crippen molar-refractivity contribution in [1.82, 2.24) is 0 Å². The lowest BCUT2D eigenvalue weighted by atomic mass is 10.2. The lowest BCUT2D eigenvalue weighted by Gasteiger charge is -2.05. The maximum atomic E-state index is 5.73. The van der Waals surface area contributed by atoms with Gasteiger partial charge in [0, 0.05) is 0 Å². The van der Waals surface area contributed by atoms with Crippen molar-refractivity contribution in [3.63, 3.8) is 0 Å². The van der Waals surface area contributed by atoms with Gasteiger partial charge in [0.1, 0.15) is 24.2 Å². The Morgan fingerprint density at radius 1 is 0.846 bits per heavy atom. The molecule has 0 radical (unpaired) electrons. The van der Waals surface area contributed by atoms with Crippen LogP contribution in [0.5, 0.6) is 11.5 Å². The Balaban J connectivity index is 1.43. The molecular weight excluding hydrogens is 328 g/mol. The molecular formula is C21H26N2O3. The quantitative estimate of drug-likeness (QED) is 0.289. The van der Waals surface area contributed by atoms with E-state index in [0.717, 1.165) is 42.5 Å². The Bertz CT molecular complexity index is 679. The third kappa shape index (κ3) is 6.48. The molecule has 1 unspecified atom stereocenters. The van der Waals surface area contributed by atoms with Crippen LogP contribution in [-0.2, 0) is 4.74 Å². The van der Waals surface area contributed by atoms with Gasteiger partial charge in [0.2, 0.25) is 0 Å². The summed E-state index contributed by atoms with van der Waals surface area (Å²) >= 11 is 0. The van der Waals surface area contributed by atoms with E-state index in [-0.39, 0.29) is 6.10 Å². The summed E-state index contributed by atoms with van der Waals surface area (Å²) in [7, 11) is 0. The molecule has 0 N–H and O–H groups in total. The highest BCUT2D eigenvalue weighted by molar-refractivity contribution is 5.44. The van der Waals surface area contributed by atoms with Gasteiger partial charge in [-0.25, -0.2) is 0 Å². The van der Waals surface area contributed by atoms with Crippen molar-refractivity contribution in [3.05, 3.63) is 48.5 Å². The minimum Gasteiger partial charge on any atom is -0.494 e. The Hall–Kier alpha value is -2.40. The van der Waals surface area contributed by atoms with Crippen LogP contribution < -0.4 is 9.47 Å². The summed E-state index contributed by atoms with van der Waals surface area (Å²) < 4.78 is 16.5. The number of ether oxygens (including phenoxy) is 3. The number of nitrogens with zero attached hydrogens (tertiary/aromatic N) is 2. The van der Waals surface area contributed by atoms with Crippen LogP contribution in [0.2, 0.25) is 0 Å². The highest BCUT2D eigenvalue weighted by atomic mass is 16.6. The van der Waals surface area contributed by atoms with Crippen LogP contribution in [0.25, 0.3) is 0 Å². The minimum atomic E-state index is 0.262. The van der Waals surface area contributed by atoms with Gasteiger partial charge in [0.25, 0.3) is 0 Å². The molecule has 2 aromatic carbocycles. The van der Waals surface area contributed by atoms with E-state index >= 15 is 0 Å². The average molecular weight is 354 g/mol. The largest absolute Gasteiger partial charge is 0.494 e. The first-order valence-electron chi connectivity index (χ1n) is 9.32. The molecule has 5 nitrogen and oxygen atoms in total. The number of rotatable bonds is 11. The van der Waals surface area contributed by atoms with Gasteiger partial charge in [-0.05, 0) is 55.0 Å². The maximum absolute atomic E-state index is 5.73. The zero-order valence-corrected chi connectivity index (χ0v) is 15.3. The molecule has 1 aliphatic rings. The molecule has 1 fully saturated rings. The van der Waals surface area contributed by atoms with Crippen molar-refractivity contribution in [2.45, 2.75) is 38.7 Å². The van der Waals surface area contributed by atoms with Gasteiger partial charge in [0.15, 0.2) is 0 Å². The second-order valence-electron chi connectivity index (χ2n) is 6.36. The summed E-state index contributed by atoms with van der Waals surface area (Å²) in [6.07, 6.45) is 5.09. The van der Waals surface area contributed by atoms with Crippen LogP contribution in [0.3, 0.4) is 0 Å². The van der Waals surface area contributed by atoms with Gasteiger partial charge in [-0.2, -0.15) is 10.2 Å². The fourth-order valence-electron chi connectivity index (χ4n) is 2.41. The minimum absolute atomic E-state index is 0.262. The average Bonchev–Trinajstić information content (AvgIpc) is 3.51. The summed E-state index contributed by atoms with van der Waals surface area (Å²) in [6.45, 7) is 4.38. The Labute approximate surface area is 155 Å². The fourth-order valence-corrected chi connectivity index (χ4v) is 2.41. The van der Waals surface area contributed by atoms with Gasteiger partial charge in [-0.3, -0.25) is 0 Å².